The van der Waals surface area contributed by atoms with E-state index in [2.05, 4.69) is 20.1 Å². The molecule has 30 heavy (non-hydrogen) atoms. The number of allylic oxidation sites excluding steroid dienone is 2. The molecule has 0 spiro atoms. The largest absolute Gasteiger partial charge is 0.494 e. The van der Waals surface area contributed by atoms with Crippen LogP contribution in [-0.4, -0.2) is 7.11 Å². The third-order valence-electron chi connectivity index (χ3n) is 6.39. The molecule has 164 valence electrons. The van der Waals surface area contributed by atoms with Gasteiger partial charge in [0.1, 0.15) is 0 Å². The van der Waals surface area contributed by atoms with Gasteiger partial charge in [-0.3, -0.25) is 0 Å². The molecule has 0 amide bonds. The number of ether oxygens (including phenoxy) is 2. The maximum Gasteiger partial charge on any atom is 0.207 e. The molecule has 0 radical (unpaired) electrons. The minimum Gasteiger partial charge on any atom is -0.494 e. The fourth-order valence-electron chi connectivity index (χ4n) is 4.57. The summed E-state index contributed by atoms with van der Waals surface area (Å²) < 4.78 is 54.5. The Hall–Kier alpha value is -2.17. The van der Waals surface area contributed by atoms with Crippen LogP contribution < -0.4 is 4.74 Å². The Kier molecular flexibility index (Phi) is 7.32. The summed E-state index contributed by atoms with van der Waals surface area (Å²) in [5.41, 5.74) is 1.25. The van der Waals surface area contributed by atoms with Crippen LogP contribution in [0.4, 0.5) is 13.2 Å². The van der Waals surface area contributed by atoms with E-state index in [0.29, 0.717) is 22.6 Å². The van der Waals surface area contributed by atoms with Gasteiger partial charge in [0, 0.05) is 12.0 Å². The molecule has 5 heteroatoms. The van der Waals surface area contributed by atoms with Crippen molar-refractivity contribution in [2.24, 2.45) is 5.92 Å². The Morgan fingerprint density at radius 2 is 1.87 bits per heavy atom. The van der Waals surface area contributed by atoms with Crippen LogP contribution in [0.1, 0.15) is 75.3 Å². The predicted molar refractivity (Wildman–Crippen MR) is 113 cm³/mol. The van der Waals surface area contributed by atoms with Gasteiger partial charge in [-0.25, -0.2) is 4.39 Å². The van der Waals surface area contributed by atoms with Gasteiger partial charge >= 0.3 is 0 Å². The highest BCUT2D eigenvalue weighted by molar-refractivity contribution is 5.51. The SMILES string of the molecule is C=C(OC)/C(F)=C1/Oc2c(cc(C3CCC(CCCCC)CC3)c(F)c2F)CC1=C. The number of rotatable bonds is 7. The molecule has 1 aliphatic heterocycles. The normalized spacial score (nSPS) is 22.9. The van der Waals surface area contributed by atoms with Gasteiger partial charge in [-0.05, 0) is 54.7 Å². The van der Waals surface area contributed by atoms with Crippen LogP contribution >= 0.6 is 0 Å². The lowest BCUT2D eigenvalue weighted by Crippen LogP contribution is -2.18. The first-order valence-corrected chi connectivity index (χ1v) is 10.9. The standard InChI is InChI=1S/C25H31F3O2/c1-5-6-7-8-17-9-11-18(12-10-17)20-14-19-13-15(2)24(21(26)16(3)29-4)30-25(19)23(28)22(20)27/h14,17-18H,2-3,5-13H2,1,4H3/b24-21-. The second-order valence-corrected chi connectivity index (χ2v) is 8.45. The van der Waals surface area contributed by atoms with Gasteiger partial charge in [0.15, 0.2) is 23.1 Å². The zero-order chi connectivity index (χ0) is 21.8. The molecular weight excluding hydrogens is 389 g/mol. The van der Waals surface area contributed by atoms with E-state index in [-0.39, 0.29) is 29.6 Å². The third-order valence-corrected chi connectivity index (χ3v) is 6.39. The number of methoxy groups -OCH3 is 1. The lowest BCUT2D eigenvalue weighted by Gasteiger charge is -2.30. The molecule has 1 aliphatic carbocycles. The molecule has 1 aromatic rings. The predicted octanol–water partition coefficient (Wildman–Crippen LogP) is 7.65. The molecule has 1 aromatic carbocycles. The molecule has 2 aliphatic rings. The van der Waals surface area contributed by atoms with Crippen LogP contribution in [0.5, 0.6) is 5.75 Å². The molecule has 3 rings (SSSR count). The van der Waals surface area contributed by atoms with E-state index in [1.165, 1.54) is 32.8 Å². The number of benzene rings is 1. The average Bonchev–Trinajstić information content (AvgIpc) is 2.75. The van der Waals surface area contributed by atoms with E-state index in [1.807, 2.05) is 0 Å². The van der Waals surface area contributed by atoms with Crippen molar-refractivity contribution in [1.82, 2.24) is 0 Å². The second-order valence-electron chi connectivity index (χ2n) is 8.45. The summed E-state index contributed by atoms with van der Waals surface area (Å²) in [6.07, 6.45) is 8.94. The maximum absolute atomic E-state index is 14.9. The van der Waals surface area contributed by atoms with E-state index in [9.17, 15) is 13.2 Å². The van der Waals surface area contributed by atoms with Crippen LogP contribution in [0.15, 0.2) is 42.1 Å². The Morgan fingerprint density at radius 3 is 2.50 bits per heavy atom. The molecule has 1 heterocycles. The van der Waals surface area contributed by atoms with Crippen molar-refractivity contribution in [2.45, 2.75) is 70.6 Å². The van der Waals surface area contributed by atoms with Crippen LogP contribution in [0.25, 0.3) is 0 Å². The fourth-order valence-corrected chi connectivity index (χ4v) is 4.57. The van der Waals surface area contributed by atoms with Crippen LogP contribution in [-0.2, 0) is 11.2 Å². The number of unbranched alkanes of at least 4 members (excludes halogenated alkanes) is 2. The monoisotopic (exact) mass is 420 g/mol. The summed E-state index contributed by atoms with van der Waals surface area (Å²) in [4.78, 5) is 0. The summed E-state index contributed by atoms with van der Waals surface area (Å²) >= 11 is 0. The topological polar surface area (TPSA) is 18.5 Å². The molecule has 0 saturated heterocycles. The number of halogens is 3. The lowest BCUT2D eigenvalue weighted by atomic mass is 9.76. The van der Waals surface area contributed by atoms with Gasteiger partial charge in [-0.1, -0.05) is 45.8 Å². The van der Waals surface area contributed by atoms with Crippen LogP contribution in [0.3, 0.4) is 0 Å². The Bertz CT molecular complexity index is 848. The van der Waals surface area contributed by atoms with Gasteiger partial charge in [0.05, 0.1) is 7.11 Å². The quantitative estimate of drug-likeness (QED) is 0.333. The number of fused-ring (bicyclic) bond motifs is 1. The average molecular weight is 421 g/mol. The Morgan fingerprint density at radius 1 is 1.17 bits per heavy atom. The summed E-state index contributed by atoms with van der Waals surface area (Å²) in [7, 11) is 1.27. The Labute approximate surface area is 177 Å². The fraction of sp³-hybridized carbons (Fsp3) is 0.520. The van der Waals surface area contributed by atoms with Crippen molar-refractivity contribution >= 4 is 0 Å². The van der Waals surface area contributed by atoms with Gasteiger partial charge in [-0.15, -0.1) is 0 Å². The van der Waals surface area contributed by atoms with Crippen molar-refractivity contribution in [1.29, 1.82) is 0 Å². The first-order valence-electron chi connectivity index (χ1n) is 10.9. The van der Waals surface area contributed by atoms with Crippen molar-refractivity contribution in [3.63, 3.8) is 0 Å². The third kappa shape index (κ3) is 4.60. The molecule has 0 unspecified atom stereocenters. The van der Waals surface area contributed by atoms with Crippen molar-refractivity contribution in [2.75, 3.05) is 7.11 Å². The molecule has 0 N–H and O–H groups in total. The molecule has 0 atom stereocenters. The molecule has 2 nitrogen and oxygen atoms in total. The first-order chi connectivity index (χ1) is 14.4. The van der Waals surface area contributed by atoms with E-state index >= 15 is 0 Å². The smallest absolute Gasteiger partial charge is 0.207 e. The van der Waals surface area contributed by atoms with Gasteiger partial charge in [0.25, 0.3) is 0 Å². The second kappa shape index (κ2) is 9.76. The highest BCUT2D eigenvalue weighted by Gasteiger charge is 2.32. The van der Waals surface area contributed by atoms with Crippen LogP contribution in [0, 0.1) is 17.6 Å². The van der Waals surface area contributed by atoms with E-state index in [0.717, 1.165) is 25.7 Å². The van der Waals surface area contributed by atoms with Gasteiger partial charge in [0.2, 0.25) is 11.6 Å². The minimum atomic E-state index is -1.06. The van der Waals surface area contributed by atoms with E-state index in [4.69, 9.17) is 9.47 Å². The first kappa shape index (κ1) is 22.5. The molecule has 0 bridgehead atoms. The van der Waals surface area contributed by atoms with Crippen molar-refractivity contribution < 1.29 is 22.6 Å². The molecule has 0 aromatic heterocycles. The van der Waals surface area contributed by atoms with Crippen molar-refractivity contribution in [3.8, 4) is 5.75 Å². The summed E-state index contributed by atoms with van der Waals surface area (Å²) in [6.45, 7) is 9.47. The highest BCUT2D eigenvalue weighted by Crippen LogP contribution is 2.44. The molecule has 1 fully saturated rings. The molecular formula is C25H31F3O2. The highest BCUT2D eigenvalue weighted by atomic mass is 19.2. The summed E-state index contributed by atoms with van der Waals surface area (Å²) in [6, 6.07) is 1.68. The zero-order valence-electron chi connectivity index (χ0n) is 18.0. The van der Waals surface area contributed by atoms with E-state index in [1.54, 1.807) is 6.07 Å². The Balaban J connectivity index is 1.80. The van der Waals surface area contributed by atoms with E-state index < -0.39 is 17.5 Å². The zero-order valence-corrected chi connectivity index (χ0v) is 18.0. The number of hydrogen-bond acceptors (Lipinski definition) is 2. The summed E-state index contributed by atoms with van der Waals surface area (Å²) in [5.74, 6) is -2.90. The number of hydrogen-bond donors (Lipinski definition) is 0. The van der Waals surface area contributed by atoms with Gasteiger partial charge in [-0.2, -0.15) is 8.78 Å². The van der Waals surface area contributed by atoms with Crippen LogP contribution in [0.2, 0.25) is 0 Å². The summed E-state index contributed by atoms with van der Waals surface area (Å²) in [5, 5.41) is 0. The minimum absolute atomic E-state index is 0.00225. The lowest BCUT2D eigenvalue weighted by molar-refractivity contribution is 0.271. The maximum atomic E-state index is 14.9. The van der Waals surface area contributed by atoms with Crippen molar-refractivity contribution in [3.05, 3.63) is 64.9 Å². The molecule has 1 saturated carbocycles. The van der Waals surface area contributed by atoms with Gasteiger partial charge < -0.3 is 9.47 Å².